The van der Waals surface area contributed by atoms with Crippen LogP contribution in [-0.4, -0.2) is 33.9 Å². The molecule has 8 heteroatoms. The van der Waals surface area contributed by atoms with Crippen molar-refractivity contribution in [3.63, 3.8) is 0 Å². The number of urea groups is 1. The molecule has 1 fully saturated rings. The second-order valence-electron chi connectivity index (χ2n) is 7.79. The highest BCUT2D eigenvalue weighted by molar-refractivity contribution is 6.22. The minimum atomic E-state index is -0.902. The van der Waals surface area contributed by atoms with Crippen LogP contribution in [0.5, 0.6) is 0 Å². The molecule has 3 aromatic rings. The summed E-state index contributed by atoms with van der Waals surface area (Å²) in [5, 5.41) is 5.62. The third-order valence-electron chi connectivity index (χ3n) is 5.65. The van der Waals surface area contributed by atoms with Gasteiger partial charge >= 0.3 is 6.03 Å². The number of hydrogen-bond donors (Lipinski definition) is 3. The molecular weight excluding hydrogens is 394 g/mol. The van der Waals surface area contributed by atoms with Gasteiger partial charge in [0.2, 0.25) is 5.91 Å². The first-order valence-electron chi connectivity index (χ1n) is 10.4. The van der Waals surface area contributed by atoms with E-state index < -0.39 is 18.0 Å². The van der Waals surface area contributed by atoms with E-state index in [0.29, 0.717) is 11.5 Å². The van der Waals surface area contributed by atoms with Crippen LogP contribution in [0.3, 0.4) is 0 Å². The lowest BCUT2D eigenvalue weighted by molar-refractivity contribution is -0.126. The number of benzene rings is 2. The molecule has 0 spiro atoms. The molecule has 0 radical (unpaired) electrons. The van der Waals surface area contributed by atoms with Crippen LogP contribution in [0.4, 0.5) is 10.5 Å². The van der Waals surface area contributed by atoms with E-state index in [1.165, 1.54) is 0 Å². The Morgan fingerprint density at radius 1 is 1.13 bits per heavy atom. The van der Waals surface area contributed by atoms with Crippen LogP contribution in [0.1, 0.15) is 38.6 Å². The summed E-state index contributed by atoms with van der Waals surface area (Å²) in [6.45, 7) is 4.09. The number of nitrogens with one attached hydrogen (secondary N) is 3. The molecule has 3 N–H and O–H groups in total. The number of carbonyl (C=O) groups is 3. The van der Waals surface area contributed by atoms with Crippen molar-refractivity contribution in [1.82, 2.24) is 20.6 Å². The summed E-state index contributed by atoms with van der Waals surface area (Å²) in [5.74, 6) is 0.0466. The predicted octanol–water partition coefficient (Wildman–Crippen LogP) is 3.28. The summed E-state index contributed by atoms with van der Waals surface area (Å²) in [6, 6.07) is 14.6. The Hall–Kier alpha value is -3.68. The van der Waals surface area contributed by atoms with Gasteiger partial charge in [0.25, 0.3) is 5.91 Å². The number of amides is 4. The minimum Gasteiger partial charge on any atom is -0.346 e. The Balaban J connectivity index is 1.48. The quantitative estimate of drug-likeness (QED) is 0.511. The third-order valence-corrected chi connectivity index (χ3v) is 5.65. The Morgan fingerprint density at radius 2 is 1.84 bits per heavy atom. The van der Waals surface area contributed by atoms with Crippen molar-refractivity contribution < 1.29 is 14.4 Å². The highest BCUT2D eigenvalue weighted by Crippen LogP contribution is 2.25. The van der Waals surface area contributed by atoms with Gasteiger partial charge in [0.15, 0.2) is 0 Å². The van der Waals surface area contributed by atoms with Crippen LogP contribution in [0, 0.1) is 5.92 Å². The van der Waals surface area contributed by atoms with Crippen molar-refractivity contribution in [2.24, 2.45) is 5.92 Å². The fraction of sp³-hybridized carbons (Fsp3) is 0.304. The van der Waals surface area contributed by atoms with Crippen molar-refractivity contribution >= 4 is 34.6 Å². The molecule has 0 bridgehead atoms. The smallest absolute Gasteiger partial charge is 0.329 e. The predicted molar refractivity (Wildman–Crippen MR) is 117 cm³/mol. The number of para-hydroxylation sites is 3. The van der Waals surface area contributed by atoms with E-state index in [4.69, 9.17) is 0 Å². The van der Waals surface area contributed by atoms with E-state index in [0.717, 1.165) is 22.4 Å². The monoisotopic (exact) mass is 419 g/mol. The van der Waals surface area contributed by atoms with Gasteiger partial charge in [-0.05, 0) is 30.2 Å². The summed E-state index contributed by atoms with van der Waals surface area (Å²) < 4.78 is 0. The van der Waals surface area contributed by atoms with Crippen LogP contribution in [0.15, 0.2) is 54.6 Å². The number of nitrogens with zero attached hydrogens (tertiary/aromatic N) is 2. The second-order valence-corrected chi connectivity index (χ2v) is 7.79. The molecule has 1 aliphatic rings. The van der Waals surface area contributed by atoms with Gasteiger partial charge < -0.3 is 15.6 Å². The summed E-state index contributed by atoms with van der Waals surface area (Å²) in [7, 11) is 0. The fourth-order valence-electron chi connectivity index (χ4n) is 3.74. The lowest BCUT2D eigenvalue weighted by Gasteiger charge is -2.23. The largest absolute Gasteiger partial charge is 0.346 e. The normalized spacial score (nSPS) is 18.1. The number of hydrogen-bond acceptors (Lipinski definition) is 4. The molecule has 2 heterocycles. The van der Waals surface area contributed by atoms with E-state index in [1.54, 1.807) is 30.3 Å². The zero-order valence-electron chi connectivity index (χ0n) is 17.5. The Labute approximate surface area is 180 Å². The summed E-state index contributed by atoms with van der Waals surface area (Å²) in [5.41, 5.74) is 2.21. The molecule has 1 aromatic heterocycles. The molecule has 31 heavy (non-hydrogen) atoms. The highest BCUT2D eigenvalue weighted by atomic mass is 16.2. The molecule has 8 nitrogen and oxygen atoms in total. The van der Waals surface area contributed by atoms with Gasteiger partial charge in [-0.2, -0.15) is 0 Å². The number of aromatic nitrogens is 2. The molecule has 4 amide bonds. The number of carbonyl (C=O) groups excluding carboxylic acids is 3. The van der Waals surface area contributed by atoms with E-state index in [-0.39, 0.29) is 24.3 Å². The average molecular weight is 419 g/mol. The third kappa shape index (κ3) is 4.14. The number of aromatic amines is 1. The zero-order valence-corrected chi connectivity index (χ0v) is 17.5. The number of rotatable bonds is 7. The van der Waals surface area contributed by atoms with Crippen molar-refractivity contribution in [1.29, 1.82) is 0 Å². The van der Waals surface area contributed by atoms with Gasteiger partial charge in [0.05, 0.1) is 29.2 Å². The summed E-state index contributed by atoms with van der Waals surface area (Å²) >= 11 is 0. The first-order valence-corrected chi connectivity index (χ1v) is 10.4. The molecule has 2 aromatic carbocycles. The van der Waals surface area contributed by atoms with Crippen LogP contribution in [0.2, 0.25) is 0 Å². The number of anilines is 1. The van der Waals surface area contributed by atoms with E-state index >= 15 is 0 Å². The van der Waals surface area contributed by atoms with E-state index in [2.05, 4.69) is 20.6 Å². The van der Waals surface area contributed by atoms with Crippen molar-refractivity contribution in [3.8, 4) is 0 Å². The van der Waals surface area contributed by atoms with Crippen LogP contribution < -0.4 is 15.5 Å². The lowest BCUT2D eigenvalue weighted by atomic mass is 9.98. The van der Waals surface area contributed by atoms with Crippen LogP contribution in [0.25, 0.3) is 11.0 Å². The van der Waals surface area contributed by atoms with Crippen molar-refractivity contribution in [3.05, 3.63) is 60.4 Å². The zero-order chi connectivity index (χ0) is 22.0. The van der Waals surface area contributed by atoms with E-state index in [1.807, 2.05) is 38.1 Å². The van der Waals surface area contributed by atoms with E-state index in [9.17, 15) is 14.4 Å². The maximum Gasteiger partial charge on any atom is 0.329 e. The van der Waals surface area contributed by atoms with Crippen molar-refractivity contribution in [2.45, 2.75) is 38.8 Å². The molecule has 1 aliphatic heterocycles. The topological polar surface area (TPSA) is 107 Å². The van der Waals surface area contributed by atoms with Gasteiger partial charge in [-0.1, -0.05) is 50.6 Å². The first kappa shape index (κ1) is 20.6. The average Bonchev–Trinajstić information content (AvgIpc) is 3.32. The Kier molecular flexibility index (Phi) is 5.70. The number of H-pyrrole nitrogens is 1. The number of imide groups is 1. The van der Waals surface area contributed by atoms with Crippen molar-refractivity contribution in [2.75, 3.05) is 4.90 Å². The molecule has 0 saturated carbocycles. The molecule has 0 aliphatic carbocycles. The van der Waals surface area contributed by atoms with Gasteiger partial charge in [-0.25, -0.2) is 14.7 Å². The SMILES string of the molecule is CC[C@H](C)[C@@H](NC(=O)C[C@@H]1NC(=O)N(c2ccccc2)C1=O)c1nc2ccccc2[nH]1. The second kappa shape index (κ2) is 8.59. The Morgan fingerprint density at radius 3 is 2.55 bits per heavy atom. The number of imidazole rings is 1. The van der Waals surface area contributed by atoms with Gasteiger partial charge in [0, 0.05) is 0 Å². The lowest BCUT2D eigenvalue weighted by Crippen LogP contribution is -2.39. The van der Waals surface area contributed by atoms with Crippen LogP contribution >= 0.6 is 0 Å². The molecule has 1 saturated heterocycles. The minimum absolute atomic E-state index is 0.124. The molecular formula is C23H25N5O3. The van der Waals surface area contributed by atoms with Gasteiger partial charge in [-0.3, -0.25) is 9.59 Å². The summed E-state index contributed by atoms with van der Waals surface area (Å²) in [6.07, 6.45) is 0.698. The number of fused-ring (bicyclic) bond motifs is 1. The van der Waals surface area contributed by atoms with Gasteiger partial charge in [0.1, 0.15) is 11.9 Å². The molecule has 160 valence electrons. The standard InChI is InChI=1S/C23H25N5O3/c1-3-14(2)20(21-24-16-11-7-8-12-17(16)25-21)27-19(29)13-18-22(30)28(23(31)26-18)15-9-5-4-6-10-15/h4-12,14,18,20H,3,13H2,1-2H3,(H,24,25)(H,26,31)(H,27,29)/t14-,18-,20+/m0/s1. The maximum atomic E-state index is 12.8. The van der Waals surface area contributed by atoms with Gasteiger partial charge in [-0.15, -0.1) is 0 Å². The highest BCUT2D eigenvalue weighted by Gasteiger charge is 2.40. The Bertz CT molecular complexity index is 1080. The first-order chi connectivity index (χ1) is 15.0. The molecule has 0 unspecified atom stereocenters. The fourth-order valence-corrected chi connectivity index (χ4v) is 3.74. The summed E-state index contributed by atoms with van der Waals surface area (Å²) in [4.78, 5) is 46.9. The molecule has 4 rings (SSSR count). The van der Waals surface area contributed by atoms with Crippen LogP contribution in [-0.2, 0) is 9.59 Å². The maximum absolute atomic E-state index is 12.8. The molecule has 3 atom stereocenters.